The topological polar surface area (TPSA) is 33.3 Å². The van der Waals surface area contributed by atoms with Crippen molar-refractivity contribution in [2.75, 3.05) is 32.1 Å². The zero-order valence-electron chi connectivity index (χ0n) is 15.6. The number of piperidine rings is 1. The molecule has 4 heteroatoms. The molecule has 0 bridgehead atoms. The minimum atomic E-state index is 0.354. The van der Waals surface area contributed by atoms with Crippen LogP contribution in [0.4, 0.5) is 5.69 Å². The number of ether oxygens (including phenoxy) is 1. The van der Waals surface area contributed by atoms with Crippen LogP contribution in [0.25, 0.3) is 0 Å². The summed E-state index contributed by atoms with van der Waals surface area (Å²) in [4.78, 5) is 0. The Balaban J connectivity index is 1.86. The summed E-state index contributed by atoms with van der Waals surface area (Å²) in [5.41, 5.74) is 2.81. The van der Waals surface area contributed by atoms with Gasteiger partial charge in [-0.15, -0.1) is 0 Å². The molecule has 1 aromatic carbocycles. The molecular formula is C21H31N2OPb. The third-order valence-electron chi connectivity index (χ3n) is 6.24. The fourth-order valence-electron chi connectivity index (χ4n) is 4.75. The summed E-state index contributed by atoms with van der Waals surface area (Å²) in [7, 11) is 1.77. The van der Waals surface area contributed by atoms with Crippen molar-refractivity contribution < 1.29 is 4.74 Å². The Hall–Kier alpha value is -0.558. The fourth-order valence-corrected chi connectivity index (χ4v) is 7.06. The molecule has 2 N–H and O–H groups in total. The SMILES string of the molecule is C=CC1CNCCC1C(CC)C[C]1([Pb])CCNc2ccc(OC)cc21. The second-order valence-corrected chi connectivity index (χ2v) is 11.3. The van der Waals surface area contributed by atoms with Gasteiger partial charge >= 0.3 is 169 Å². The van der Waals surface area contributed by atoms with Crippen LogP contribution < -0.4 is 15.4 Å². The molecule has 0 spiro atoms. The van der Waals surface area contributed by atoms with E-state index in [1.54, 1.807) is 7.11 Å². The second-order valence-electron chi connectivity index (χ2n) is 7.60. The van der Waals surface area contributed by atoms with Crippen molar-refractivity contribution in [1.82, 2.24) is 5.32 Å². The Kier molecular flexibility index (Phi) is 6.47. The Morgan fingerprint density at radius 2 is 2.28 bits per heavy atom. The molecule has 2 aliphatic rings. The standard InChI is InChI=1S/C21H31N2O.Pb/c1-4-15(19-9-10-22-14-16(19)5-2)12-17-8-11-23-21-7-6-18(24-3)13-20(17)21;/h5-7,13,15-16,19,22-23H,2,4,8-12,14H2,1,3H3;. The van der Waals surface area contributed by atoms with E-state index in [0.29, 0.717) is 8.89 Å². The number of anilines is 1. The van der Waals surface area contributed by atoms with Gasteiger partial charge in [-0.25, -0.2) is 0 Å². The van der Waals surface area contributed by atoms with E-state index in [0.717, 1.165) is 37.2 Å². The van der Waals surface area contributed by atoms with Crippen molar-refractivity contribution in [3.05, 3.63) is 36.4 Å². The van der Waals surface area contributed by atoms with Crippen LogP contribution in [-0.4, -0.2) is 52.5 Å². The predicted octanol–water partition coefficient (Wildman–Crippen LogP) is 3.70. The van der Waals surface area contributed by atoms with E-state index in [-0.39, 0.29) is 0 Å². The zero-order chi connectivity index (χ0) is 17.9. The molecule has 4 atom stereocenters. The first-order chi connectivity index (χ1) is 12.1. The van der Waals surface area contributed by atoms with Crippen molar-refractivity contribution in [1.29, 1.82) is 0 Å². The van der Waals surface area contributed by atoms with Crippen LogP contribution in [0.5, 0.6) is 5.75 Å². The minimum absolute atomic E-state index is 0.354. The van der Waals surface area contributed by atoms with Crippen molar-refractivity contribution in [3.8, 4) is 5.75 Å². The average molecular weight is 535 g/mol. The summed E-state index contributed by atoms with van der Waals surface area (Å²) in [6, 6.07) is 6.57. The van der Waals surface area contributed by atoms with Gasteiger partial charge in [-0.05, 0) is 0 Å². The molecule has 0 aliphatic carbocycles. The molecule has 25 heavy (non-hydrogen) atoms. The molecule has 3 rings (SSSR count). The number of hydrogen-bond acceptors (Lipinski definition) is 3. The van der Waals surface area contributed by atoms with Gasteiger partial charge in [0.25, 0.3) is 0 Å². The molecule has 2 heterocycles. The first kappa shape index (κ1) is 19.2. The number of rotatable bonds is 6. The second kappa shape index (κ2) is 8.42. The van der Waals surface area contributed by atoms with Crippen LogP contribution in [-0.2, 0) is 2.97 Å². The maximum absolute atomic E-state index is 5.52. The average Bonchev–Trinajstić information content (AvgIpc) is 2.66. The molecule has 2 aliphatic heterocycles. The summed E-state index contributed by atoms with van der Waals surface area (Å²) in [5.74, 6) is 3.16. The van der Waals surface area contributed by atoms with Gasteiger partial charge in [-0.3, -0.25) is 0 Å². The molecule has 0 aromatic heterocycles. The van der Waals surface area contributed by atoms with Crippen LogP contribution in [0.3, 0.4) is 0 Å². The number of methoxy groups -OCH3 is 1. The van der Waals surface area contributed by atoms with Gasteiger partial charge in [0.1, 0.15) is 0 Å². The van der Waals surface area contributed by atoms with Crippen molar-refractivity contribution >= 4 is 31.5 Å². The van der Waals surface area contributed by atoms with Gasteiger partial charge in [-0.2, -0.15) is 0 Å². The number of fused-ring (bicyclic) bond motifs is 1. The molecule has 0 saturated carbocycles. The molecule has 3 nitrogen and oxygen atoms in total. The molecule has 1 saturated heterocycles. The molecular weight excluding hydrogens is 503 g/mol. The van der Waals surface area contributed by atoms with Crippen LogP contribution in [0.15, 0.2) is 30.9 Å². The molecule has 4 unspecified atom stereocenters. The number of hydrogen-bond donors (Lipinski definition) is 2. The fraction of sp³-hybridized carbons (Fsp3) is 0.619. The molecule has 1 fully saturated rings. The van der Waals surface area contributed by atoms with E-state index in [2.05, 4.69) is 48.4 Å². The predicted molar refractivity (Wildman–Crippen MR) is 107 cm³/mol. The van der Waals surface area contributed by atoms with E-state index >= 15 is 0 Å². The molecule has 0 amide bonds. The van der Waals surface area contributed by atoms with Gasteiger partial charge in [0.05, 0.1) is 0 Å². The van der Waals surface area contributed by atoms with Crippen LogP contribution in [0, 0.1) is 17.8 Å². The summed E-state index contributed by atoms with van der Waals surface area (Å²) in [6.07, 6.45) is 7.31. The van der Waals surface area contributed by atoms with E-state index in [4.69, 9.17) is 4.74 Å². The van der Waals surface area contributed by atoms with E-state index in [9.17, 15) is 0 Å². The summed E-state index contributed by atoms with van der Waals surface area (Å²) < 4.78 is 5.88. The van der Waals surface area contributed by atoms with Crippen molar-refractivity contribution in [2.24, 2.45) is 17.8 Å². The normalized spacial score (nSPS) is 30.0. The zero-order valence-corrected chi connectivity index (χ0v) is 19.5. The molecule has 1 aromatic rings. The quantitative estimate of drug-likeness (QED) is 0.432. The van der Waals surface area contributed by atoms with Gasteiger partial charge in [0, 0.05) is 0 Å². The van der Waals surface area contributed by atoms with E-state index < -0.39 is 0 Å². The summed E-state index contributed by atoms with van der Waals surface area (Å²) in [6.45, 7) is 9.85. The van der Waals surface area contributed by atoms with Gasteiger partial charge in [0.15, 0.2) is 0 Å². The third kappa shape index (κ3) is 4.07. The monoisotopic (exact) mass is 535 g/mol. The Morgan fingerprint density at radius 1 is 1.44 bits per heavy atom. The van der Waals surface area contributed by atoms with Gasteiger partial charge in [-0.1, -0.05) is 0 Å². The maximum atomic E-state index is 5.52. The molecule has 3 radical (unpaired) electrons. The van der Waals surface area contributed by atoms with E-state index in [1.807, 2.05) is 0 Å². The van der Waals surface area contributed by atoms with Crippen molar-refractivity contribution in [3.63, 3.8) is 0 Å². The molecule has 135 valence electrons. The first-order valence-corrected chi connectivity index (χ1v) is 11.6. The summed E-state index contributed by atoms with van der Waals surface area (Å²) in [5, 5.41) is 7.15. The van der Waals surface area contributed by atoms with E-state index in [1.165, 1.54) is 62.7 Å². The number of nitrogens with one attached hydrogen (secondary N) is 2. The third-order valence-corrected chi connectivity index (χ3v) is 9.05. The van der Waals surface area contributed by atoms with Gasteiger partial charge in [0.2, 0.25) is 0 Å². The Morgan fingerprint density at radius 3 is 3.00 bits per heavy atom. The number of benzene rings is 1. The Labute approximate surface area is 168 Å². The first-order valence-electron chi connectivity index (χ1n) is 9.62. The van der Waals surface area contributed by atoms with Crippen LogP contribution in [0.2, 0.25) is 0 Å². The Bertz CT molecular complexity index is 606. The van der Waals surface area contributed by atoms with Gasteiger partial charge < -0.3 is 0 Å². The van der Waals surface area contributed by atoms with Crippen molar-refractivity contribution in [2.45, 2.75) is 35.6 Å². The summed E-state index contributed by atoms with van der Waals surface area (Å²) >= 11 is 1.19. The van der Waals surface area contributed by atoms with Crippen LogP contribution in [0.1, 0.15) is 38.2 Å². The van der Waals surface area contributed by atoms with Crippen LogP contribution >= 0.6 is 0 Å².